The maximum Gasteiger partial charge on any atom is 0.339 e. The Morgan fingerprint density at radius 3 is 2.41 bits per heavy atom. The molecule has 44 heavy (non-hydrogen) atoms. The van der Waals surface area contributed by atoms with Gasteiger partial charge >= 0.3 is 10.1 Å². The van der Waals surface area contributed by atoms with Crippen molar-refractivity contribution in [1.29, 1.82) is 5.41 Å². The Bertz CT molecular complexity index is 1990. The van der Waals surface area contributed by atoms with Crippen LogP contribution in [0.1, 0.15) is 52.9 Å². The first-order valence-corrected chi connectivity index (χ1v) is 16.1. The molecule has 0 spiro atoms. The van der Waals surface area contributed by atoms with Gasteiger partial charge in [0.15, 0.2) is 0 Å². The smallest absolute Gasteiger partial charge is 0.339 e. The van der Waals surface area contributed by atoms with Gasteiger partial charge in [-0.1, -0.05) is 54.1 Å². The van der Waals surface area contributed by atoms with E-state index in [2.05, 4.69) is 5.32 Å². The minimum Gasteiger partial charge on any atom is -0.384 e. The number of hydrogen-bond donors (Lipinski definition) is 4. The van der Waals surface area contributed by atoms with E-state index < -0.39 is 10.1 Å². The van der Waals surface area contributed by atoms with Crippen LogP contribution in [0.2, 0.25) is 0 Å². The zero-order chi connectivity index (χ0) is 31.0. The van der Waals surface area contributed by atoms with Crippen LogP contribution in [0.15, 0.2) is 89.8 Å². The highest BCUT2D eigenvalue weighted by atomic mass is 32.2. The van der Waals surface area contributed by atoms with Gasteiger partial charge < -0.3 is 25.5 Å². The number of benzene rings is 4. The number of amides is 1. The van der Waals surface area contributed by atoms with Crippen molar-refractivity contribution in [2.24, 2.45) is 11.5 Å². The number of carbonyl (C=O) groups is 1. The standard InChI is InChI=1S/C34H35N5O4S/c1-21-6-14-29(15-7-21)44(41,42)43-28-16-22-4-2-3-5-30(22)25(17-28)20-39-31-19-24(33(36)37)9-8-23(31)18-32(39)34(40)38-27-12-10-26(35)11-13-27/h2-9,14-19,26-27H,10-13,20,35H2,1H3,(H3,36,37)(H,38,40)/t26-,27-. The van der Waals surface area contributed by atoms with E-state index >= 15 is 0 Å². The van der Waals surface area contributed by atoms with E-state index in [4.69, 9.17) is 21.1 Å². The Morgan fingerprint density at radius 2 is 1.68 bits per heavy atom. The summed E-state index contributed by atoms with van der Waals surface area (Å²) in [5, 5.41) is 13.7. The Labute approximate surface area is 256 Å². The number of hydrogen-bond acceptors (Lipinski definition) is 6. The monoisotopic (exact) mass is 609 g/mol. The number of aromatic nitrogens is 1. The zero-order valence-electron chi connectivity index (χ0n) is 24.4. The number of nitrogen functional groups attached to an aromatic ring is 1. The molecule has 1 aromatic heterocycles. The number of nitrogens with one attached hydrogen (secondary N) is 2. The summed E-state index contributed by atoms with van der Waals surface area (Å²) in [5.41, 5.74) is 15.3. The summed E-state index contributed by atoms with van der Waals surface area (Å²) in [6.07, 6.45) is 3.36. The van der Waals surface area contributed by atoms with E-state index in [0.29, 0.717) is 11.3 Å². The lowest BCUT2D eigenvalue weighted by molar-refractivity contribution is 0.0917. The van der Waals surface area contributed by atoms with Crippen molar-refractivity contribution in [3.05, 3.63) is 107 Å². The van der Waals surface area contributed by atoms with Crippen LogP contribution < -0.4 is 21.0 Å². The van der Waals surface area contributed by atoms with E-state index in [9.17, 15) is 13.2 Å². The molecule has 1 aliphatic carbocycles. The minimum atomic E-state index is -4.09. The van der Waals surface area contributed by atoms with E-state index in [-0.39, 0.29) is 41.0 Å². The quantitative estimate of drug-likeness (QED) is 0.108. The first-order valence-electron chi connectivity index (χ1n) is 14.6. The van der Waals surface area contributed by atoms with Gasteiger partial charge in [-0.2, -0.15) is 8.42 Å². The van der Waals surface area contributed by atoms with E-state index in [1.165, 1.54) is 12.1 Å². The SMILES string of the molecule is Cc1ccc(S(=O)(=O)Oc2cc(Cn3c(C(=O)N[C@H]4CC[C@H](N)CC4)cc4ccc(C(=N)N)cc43)c3ccccc3c2)cc1. The lowest BCUT2D eigenvalue weighted by Gasteiger charge is -2.27. The summed E-state index contributed by atoms with van der Waals surface area (Å²) in [7, 11) is -4.09. The average molecular weight is 610 g/mol. The molecule has 1 amide bonds. The van der Waals surface area contributed by atoms with Gasteiger partial charge in [-0.3, -0.25) is 10.2 Å². The number of nitrogens with zero attached hydrogens (tertiary/aromatic N) is 1. The number of aryl methyl sites for hydroxylation is 1. The van der Waals surface area contributed by atoms with Crippen LogP contribution in [0, 0.1) is 12.3 Å². The van der Waals surface area contributed by atoms with Gasteiger partial charge in [-0.15, -0.1) is 0 Å². The molecule has 5 aromatic rings. The molecular formula is C34H35N5O4S. The molecule has 0 radical (unpaired) electrons. The van der Waals surface area contributed by atoms with Crippen LogP contribution in [-0.4, -0.2) is 36.8 Å². The highest BCUT2D eigenvalue weighted by Gasteiger charge is 2.24. The van der Waals surface area contributed by atoms with Gasteiger partial charge in [0.25, 0.3) is 5.91 Å². The number of nitrogens with two attached hydrogens (primary N) is 2. The second-order valence-corrected chi connectivity index (χ2v) is 13.1. The third kappa shape index (κ3) is 6.04. The molecule has 226 valence electrons. The first kappa shape index (κ1) is 29.4. The average Bonchev–Trinajstić information content (AvgIpc) is 3.36. The Hall–Kier alpha value is -4.67. The van der Waals surface area contributed by atoms with Crippen LogP contribution in [0.5, 0.6) is 5.75 Å². The molecule has 0 atom stereocenters. The van der Waals surface area contributed by atoms with Crippen molar-refractivity contribution in [2.45, 2.75) is 56.1 Å². The third-order valence-electron chi connectivity index (χ3n) is 8.32. The van der Waals surface area contributed by atoms with Crippen molar-refractivity contribution in [1.82, 2.24) is 9.88 Å². The predicted octanol–water partition coefficient (Wildman–Crippen LogP) is 5.20. The second kappa shape index (κ2) is 11.8. The highest BCUT2D eigenvalue weighted by Crippen LogP contribution is 2.31. The lowest BCUT2D eigenvalue weighted by Crippen LogP contribution is -2.41. The summed E-state index contributed by atoms with van der Waals surface area (Å²) >= 11 is 0. The molecule has 0 unspecified atom stereocenters. The summed E-state index contributed by atoms with van der Waals surface area (Å²) in [6, 6.07) is 25.0. The summed E-state index contributed by atoms with van der Waals surface area (Å²) in [6.45, 7) is 2.13. The normalized spacial score (nSPS) is 17.0. The highest BCUT2D eigenvalue weighted by molar-refractivity contribution is 7.87. The maximum absolute atomic E-state index is 13.8. The number of carbonyl (C=O) groups excluding carboxylic acids is 1. The number of rotatable bonds is 8. The minimum absolute atomic E-state index is 0.0334. The molecule has 1 aliphatic rings. The van der Waals surface area contributed by atoms with Crippen molar-refractivity contribution in [3.8, 4) is 5.75 Å². The molecule has 4 aromatic carbocycles. The van der Waals surface area contributed by atoms with E-state index in [1.807, 2.05) is 47.9 Å². The molecule has 10 heteroatoms. The number of amidine groups is 1. The summed E-state index contributed by atoms with van der Waals surface area (Å²) < 4.78 is 33.9. The fraction of sp³-hybridized carbons (Fsp3) is 0.235. The fourth-order valence-electron chi connectivity index (χ4n) is 5.89. The molecule has 6 rings (SSSR count). The molecule has 1 saturated carbocycles. The molecule has 1 fully saturated rings. The molecular weight excluding hydrogens is 574 g/mol. The van der Waals surface area contributed by atoms with Crippen molar-refractivity contribution >= 4 is 43.5 Å². The Kier molecular flexibility index (Phi) is 7.87. The van der Waals surface area contributed by atoms with Crippen LogP contribution >= 0.6 is 0 Å². The molecule has 1 heterocycles. The molecule has 0 aliphatic heterocycles. The Morgan fingerprint density at radius 1 is 0.955 bits per heavy atom. The topological polar surface area (TPSA) is 153 Å². The van der Waals surface area contributed by atoms with Gasteiger partial charge in [0.1, 0.15) is 22.2 Å². The van der Waals surface area contributed by atoms with Crippen LogP contribution in [-0.2, 0) is 16.7 Å². The van der Waals surface area contributed by atoms with Gasteiger partial charge in [0.2, 0.25) is 0 Å². The summed E-state index contributed by atoms with van der Waals surface area (Å²) in [4.78, 5) is 13.8. The Balaban J connectivity index is 1.42. The predicted molar refractivity (Wildman–Crippen MR) is 173 cm³/mol. The van der Waals surface area contributed by atoms with Crippen molar-refractivity contribution < 1.29 is 17.4 Å². The second-order valence-electron chi connectivity index (χ2n) is 11.5. The molecule has 6 N–H and O–H groups in total. The van der Waals surface area contributed by atoms with Gasteiger partial charge in [-0.05, 0) is 85.3 Å². The van der Waals surface area contributed by atoms with Crippen LogP contribution in [0.4, 0.5) is 0 Å². The van der Waals surface area contributed by atoms with E-state index in [0.717, 1.165) is 58.5 Å². The van der Waals surface area contributed by atoms with Crippen molar-refractivity contribution in [3.63, 3.8) is 0 Å². The summed E-state index contributed by atoms with van der Waals surface area (Å²) in [5.74, 6) is -0.110. The van der Waals surface area contributed by atoms with Crippen LogP contribution in [0.3, 0.4) is 0 Å². The molecule has 0 bridgehead atoms. The molecule has 0 saturated heterocycles. The molecule has 9 nitrogen and oxygen atoms in total. The van der Waals surface area contributed by atoms with Gasteiger partial charge in [0.05, 0.1) is 0 Å². The maximum atomic E-state index is 13.8. The van der Waals surface area contributed by atoms with Crippen LogP contribution in [0.25, 0.3) is 21.7 Å². The van der Waals surface area contributed by atoms with E-state index in [1.54, 1.807) is 36.4 Å². The largest absolute Gasteiger partial charge is 0.384 e. The third-order valence-corrected chi connectivity index (χ3v) is 9.58. The zero-order valence-corrected chi connectivity index (χ0v) is 25.2. The fourth-order valence-corrected chi connectivity index (χ4v) is 6.81. The number of fused-ring (bicyclic) bond motifs is 2. The lowest BCUT2D eigenvalue weighted by atomic mass is 9.92. The van der Waals surface area contributed by atoms with Gasteiger partial charge in [-0.25, -0.2) is 0 Å². The van der Waals surface area contributed by atoms with Crippen molar-refractivity contribution in [2.75, 3.05) is 0 Å². The first-order chi connectivity index (χ1) is 21.1. The van der Waals surface area contributed by atoms with Gasteiger partial charge in [0, 0.05) is 35.1 Å².